The van der Waals surface area contributed by atoms with Crippen molar-refractivity contribution >= 4 is 26.7 Å². The highest BCUT2D eigenvalue weighted by atomic mass is 32.1. The van der Waals surface area contributed by atoms with Crippen LogP contribution >= 0.6 is 11.3 Å². The lowest BCUT2D eigenvalue weighted by Gasteiger charge is -2.38. The Bertz CT molecular complexity index is 652. The lowest BCUT2D eigenvalue weighted by molar-refractivity contribution is -0.137. The van der Waals surface area contributed by atoms with Crippen molar-refractivity contribution in [3.05, 3.63) is 23.8 Å². The van der Waals surface area contributed by atoms with E-state index in [0.717, 1.165) is 24.3 Å². The smallest absolute Gasteiger partial charge is 0.343 e. The van der Waals surface area contributed by atoms with Crippen LogP contribution in [-0.4, -0.2) is 30.2 Å². The maximum Gasteiger partial charge on any atom is 0.416 e. The summed E-state index contributed by atoms with van der Waals surface area (Å²) in [6.45, 7) is 5.88. The van der Waals surface area contributed by atoms with Crippen LogP contribution in [0, 0.1) is 0 Å². The van der Waals surface area contributed by atoms with E-state index in [0.29, 0.717) is 16.3 Å². The maximum absolute atomic E-state index is 12.8. The third-order valence-corrected chi connectivity index (χ3v) is 5.04. The number of thiazole rings is 1. The minimum Gasteiger partial charge on any atom is -0.343 e. The van der Waals surface area contributed by atoms with Crippen molar-refractivity contribution in [3.63, 3.8) is 0 Å². The topological polar surface area (TPSA) is 28.2 Å². The molecule has 3 rings (SSSR count). The molecule has 0 aliphatic carbocycles. The molecule has 0 radical (unpaired) electrons. The van der Waals surface area contributed by atoms with Gasteiger partial charge >= 0.3 is 6.18 Å². The zero-order valence-corrected chi connectivity index (χ0v) is 12.6. The molecule has 0 unspecified atom stereocenters. The second kappa shape index (κ2) is 5.14. The highest BCUT2D eigenvalue weighted by Crippen LogP contribution is 2.36. The van der Waals surface area contributed by atoms with E-state index >= 15 is 0 Å². The predicted molar refractivity (Wildman–Crippen MR) is 78.9 cm³/mol. The molecule has 1 N–H and O–H groups in total. The predicted octanol–water partition coefficient (Wildman–Crippen LogP) is 3.50. The van der Waals surface area contributed by atoms with Crippen LogP contribution < -0.4 is 10.2 Å². The molecule has 2 aromatic rings. The monoisotopic (exact) mass is 315 g/mol. The van der Waals surface area contributed by atoms with Crippen LogP contribution in [0.5, 0.6) is 0 Å². The number of fused-ring (bicyclic) bond motifs is 1. The van der Waals surface area contributed by atoms with E-state index in [1.807, 2.05) is 0 Å². The Labute approximate surface area is 124 Å². The molecule has 1 aromatic carbocycles. The van der Waals surface area contributed by atoms with Gasteiger partial charge in [-0.25, -0.2) is 4.98 Å². The molecular weight excluding hydrogens is 299 g/mol. The van der Waals surface area contributed by atoms with Crippen molar-refractivity contribution in [3.8, 4) is 0 Å². The number of alkyl halides is 3. The van der Waals surface area contributed by atoms with Crippen LogP contribution in [0.1, 0.15) is 19.4 Å². The van der Waals surface area contributed by atoms with Crippen molar-refractivity contribution in [2.45, 2.75) is 32.1 Å². The molecule has 1 aliphatic heterocycles. The molecule has 114 valence electrons. The lowest BCUT2D eigenvalue weighted by Crippen LogP contribution is -2.55. The largest absolute Gasteiger partial charge is 0.416 e. The van der Waals surface area contributed by atoms with E-state index < -0.39 is 11.7 Å². The molecule has 0 spiro atoms. The second-order valence-corrected chi connectivity index (χ2v) is 6.36. The Morgan fingerprint density at radius 1 is 1.33 bits per heavy atom. The molecule has 1 fully saturated rings. The SMILES string of the molecule is C[C@@H]1NCCN(c2nc3ccc(C(F)(F)F)cc3s2)[C@@H]1C. The summed E-state index contributed by atoms with van der Waals surface area (Å²) >= 11 is 1.33. The first-order valence-corrected chi connectivity index (χ1v) is 7.66. The molecular formula is C14H16F3N3S. The summed E-state index contributed by atoms with van der Waals surface area (Å²) in [5.41, 5.74) is 0.00770. The number of hydrogen-bond donors (Lipinski definition) is 1. The van der Waals surface area contributed by atoms with Gasteiger partial charge in [-0.1, -0.05) is 11.3 Å². The Morgan fingerprint density at radius 2 is 2.10 bits per heavy atom. The molecule has 3 nitrogen and oxygen atoms in total. The number of nitrogens with zero attached hydrogens (tertiary/aromatic N) is 2. The minimum absolute atomic E-state index is 0.265. The molecule has 1 saturated heterocycles. The highest BCUT2D eigenvalue weighted by molar-refractivity contribution is 7.22. The molecule has 0 amide bonds. The first-order chi connectivity index (χ1) is 9.86. The van der Waals surface area contributed by atoms with Gasteiger partial charge in [0.1, 0.15) is 0 Å². The van der Waals surface area contributed by atoms with Crippen molar-refractivity contribution in [2.75, 3.05) is 18.0 Å². The summed E-state index contributed by atoms with van der Waals surface area (Å²) in [6, 6.07) is 4.33. The third kappa shape index (κ3) is 2.72. The van der Waals surface area contributed by atoms with E-state index in [9.17, 15) is 13.2 Å². The standard InChI is InChI=1S/C14H16F3N3S/c1-8-9(2)20(6-5-18-8)13-19-11-4-3-10(14(15,16)17)7-12(11)21-13/h3-4,7-9,18H,5-6H2,1-2H3/t8-,9+/m0/s1. The van der Waals surface area contributed by atoms with E-state index in [4.69, 9.17) is 0 Å². The zero-order chi connectivity index (χ0) is 15.2. The highest BCUT2D eigenvalue weighted by Gasteiger charge is 2.31. The molecule has 1 aromatic heterocycles. The van der Waals surface area contributed by atoms with Crippen LogP contribution in [0.25, 0.3) is 10.2 Å². The molecule has 2 atom stereocenters. The fourth-order valence-electron chi connectivity index (χ4n) is 2.54. The van der Waals surface area contributed by atoms with Crippen LogP contribution in [-0.2, 0) is 6.18 Å². The average Bonchev–Trinajstić information content (AvgIpc) is 2.83. The number of piperazine rings is 1. The van der Waals surface area contributed by atoms with Gasteiger partial charge in [-0.15, -0.1) is 0 Å². The van der Waals surface area contributed by atoms with Gasteiger partial charge in [-0.3, -0.25) is 0 Å². The van der Waals surface area contributed by atoms with Gasteiger partial charge in [-0.2, -0.15) is 13.2 Å². The Hall–Kier alpha value is -1.34. The fraction of sp³-hybridized carbons (Fsp3) is 0.500. The third-order valence-electron chi connectivity index (χ3n) is 3.98. The lowest BCUT2D eigenvalue weighted by atomic mass is 10.1. The summed E-state index contributed by atoms with van der Waals surface area (Å²) in [7, 11) is 0. The van der Waals surface area contributed by atoms with Crippen LogP contribution in [0.2, 0.25) is 0 Å². The van der Waals surface area contributed by atoms with Crippen molar-refractivity contribution < 1.29 is 13.2 Å². The van der Waals surface area contributed by atoms with Gasteiger partial charge in [-0.05, 0) is 32.0 Å². The summed E-state index contributed by atoms with van der Waals surface area (Å²) in [4.78, 5) is 6.66. The summed E-state index contributed by atoms with van der Waals surface area (Å²) in [5, 5.41) is 4.18. The first-order valence-electron chi connectivity index (χ1n) is 6.84. The van der Waals surface area contributed by atoms with E-state index in [1.54, 1.807) is 0 Å². The van der Waals surface area contributed by atoms with Crippen molar-refractivity contribution in [2.24, 2.45) is 0 Å². The van der Waals surface area contributed by atoms with Gasteiger partial charge in [0, 0.05) is 25.2 Å². The molecule has 7 heteroatoms. The quantitative estimate of drug-likeness (QED) is 0.873. The Balaban J connectivity index is 1.97. The normalized spacial score (nSPS) is 23.8. The van der Waals surface area contributed by atoms with E-state index in [-0.39, 0.29) is 6.04 Å². The number of aromatic nitrogens is 1. The summed E-state index contributed by atoms with van der Waals surface area (Å²) in [6.07, 6.45) is -4.31. The molecule has 2 heterocycles. The average molecular weight is 315 g/mol. The zero-order valence-electron chi connectivity index (χ0n) is 11.7. The number of halogens is 3. The maximum atomic E-state index is 12.8. The molecule has 21 heavy (non-hydrogen) atoms. The van der Waals surface area contributed by atoms with Gasteiger partial charge in [0.2, 0.25) is 0 Å². The van der Waals surface area contributed by atoms with Gasteiger partial charge in [0.15, 0.2) is 5.13 Å². The number of hydrogen-bond acceptors (Lipinski definition) is 4. The molecule has 0 bridgehead atoms. The van der Waals surface area contributed by atoms with Gasteiger partial charge in [0.25, 0.3) is 0 Å². The number of benzene rings is 1. The summed E-state index contributed by atoms with van der Waals surface area (Å²) in [5.74, 6) is 0. The Kier molecular flexibility index (Phi) is 3.57. The number of nitrogens with one attached hydrogen (secondary N) is 1. The van der Waals surface area contributed by atoms with Crippen molar-refractivity contribution in [1.29, 1.82) is 0 Å². The van der Waals surface area contributed by atoms with Gasteiger partial charge in [0.05, 0.1) is 15.8 Å². The van der Waals surface area contributed by atoms with Crippen LogP contribution in [0.4, 0.5) is 18.3 Å². The summed E-state index contributed by atoms with van der Waals surface area (Å²) < 4.78 is 38.8. The van der Waals surface area contributed by atoms with E-state index in [2.05, 4.69) is 29.0 Å². The van der Waals surface area contributed by atoms with E-state index in [1.165, 1.54) is 23.5 Å². The Morgan fingerprint density at radius 3 is 2.81 bits per heavy atom. The van der Waals surface area contributed by atoms with Gasteiger partial charge < -0.3 is 10.2 Å². The van der Waals surface area contributed by atoms with Crippen LogP contribution in [0.15, 0.2) is 18.2 Å². The molecule has 1 aliphatic rings. The fourth-order valence-corrected chi connectivity index (χ4v) is 3.66. The minimum atomic E-state index is -4.31. The van der Waals surface area contributed by atoms with Crippen LogP contribution in [0.3, 0.4) is 0 Å². The first kappa shape index (κ1) is 14.6. The number of anilines is 1. The second-order valence-electron chi connectivity index (χ2n) is 5.35. The molecule has 0 saturated carbocycles. The van der Waals surface area contributed by atoms with Crippen molar-refractivity contribution in [1.82, 2.24) is 10.3 Å². The number of rotatable bonds is 1.